The molecular formula is C15H25N3OS. The molecule has 0 radical (unpaired) electrons. The molecule has 112 valence electrons. The summed E-state index contributed by atoms with van der Waals surface area (Å²) in [6.45, 7) is 1.43. The standard InChI is InChI=1S/C15H25N3OS/c1-18(2)11-13-6-4-5-12(9-13)10-17-15(19)14(16)7-8-20-3/h4-6,9,14H,7-8,10-11,16H2,1-3H3,(H,17,19)/t14-/m0/s1. The van der Waals surface area contributed by atoms with E-state index in [1.54, 1.807) is 11.8 Å². The summed E-state index contributed by atoms with van der Waals surface area (Å²) in [7, 11) is 4.08. The molecule has 1 atom stereocenters. The van der Waals surface area contributed by atoms with Crippen LogP contribution in [-0.2, 0) is 17.9 Å². The van der Waals surface area contributed by atoms with Crippen LogP contribution in [0, 0.1) is 0 Å². The Morgan fingerprint density at radius 1 is 1.40 bits per heavy atom. The van der Waals surface area contributed by atoms with E-state index in [0.717, 1.165) is 17.9 Å². The molecule has 0 heterocycles. The first-order valence-corrected chi connectivity index (χ1v) is 8.17. The number of hydrogen-bond acceptors (Lipinski definition) is 4. The van der Waals surface area contributed by atoms with Gasteiger partial charge in [0, 0.05) is 13.1 Å². The molecule has 3 N–H and O–H groups in total. The van der Waals surface area contributed by atoms with Gasteiger partial charge >= 0.3 is 0 Å². The lowest BCUT2D eigenvalue weighted by molar-refractivity contribution is -0.122. The predicted octanol–water partition coefficient (Wildman–Crippen LogP) is 1.44. The van der Waals surface area contributed by atoms with Crippen LogP contribution in [0.3, 0.4) is 0 Å². The van der Waals surface area contributed by atoms with Gasteiger partial charge in [-0.25, -0.2) is 0 Å². The third-order valence-corrected chi connectivity index (χ3v) is 3.57. The maximum Gasteiger partial charge on any atom is 0.237 e. The summed E-state index contributed by atoms with van der Waals surface area (Å²) in [5.74, 6) is 0.837. The Hall–Kier alpha value is -1.04. The molecule has 0 saturated carbocycles. The minimum Gasteiger partial charge on any atom is -0.351 e. The SMILES string of the molecule is CSCC[C@H](N)C(=O)NCc1cccc(CN(C)C)c1. The van der Waals surface area contributed by atoms with E-state index in [0.29, 0.717) is 13.0 Å². The first-order chi connectivity index (χ1) is 9.52. The second-order valence-corrected chi connectivity index (χ2v) is 6.15. The maximum absolute atomic E-state index is 11.8. The highest BCUT2D eigenvalue weighted by Gasteiger charge is 2.12. The highest BCUT2D eigenvalue weighted by Crippen LogP contribution is 2.07. The molecule has 5 heteroatoms. The Labute approximate surface area is 126 Å². The minimum atomic E-state index is -0.410. The van der Waals surface area contributed by atoms with Gasteiger partial charge in [-0.15, -0.1) is 0 Å². The monoisotopic (exact) mass is 295 g/mol. The molecule has 1 rings (SSSR count). The molecule has 0 saturated heterocycles. The zero-order valence-electron chi connectivity index (χ0n) is 12.6. The van der Waals surface area contributed by atoms with Gasteiger partial charge in [-0.1, -0.05) is 24.3 Å². The van der Waals surface area contributed by atoms with Gasteiger partial charge in [0.2, 0.25) is 5.91 Å². The Kier molecular flexibility index (Phi) is 7.65. The Balaban J connectivity index is 2.46. The number of carbonyl (C=O) groups is 1. The van der Waals surface area contributed by atoms with Crippen LogP contribution in [0.4, 0.5) is 0 Å². The summed E-state index contributed by atoms with van der Waals surface area (Å²) in [6, 6.07) is 7.84. The number of amides is 1. The lowest BCUT2D eigenvalue weighted by Crippen LogP contribution is -2.40. The molecule has 0 aliphatic heterocycles. The van der Waals surface area contributed by atoms with E-state index < -0.39 is 6.04 Å². The van der Waals surface area contributed by atoms with Crippen molar-refractivity contribution < 1.29 is 4.79 Å². The maximum atomic E-state index is 11.8. The van der Waals surface area contributed by atoms with Crippen molar-refractivity contribution in [3.63, 3.8) is 0 Å². The molecule has 0 bridgehead atoms. The first-order valence-electron chi connectivity index (χ1n) is 6.77. The van der Waals surface area contributed by atoms with Crippen LogP contribution in [0.15, 0.2) is 24.3 Å². The molecule has 0 spiro atoms. The Morgan fingerprint density at radius 2 is 2.10 bits per heavy atom. The average Bonchev–Trinajstić information content (AvgIpc) is 2.41. The molecule has 1 amide bonds. The molecule has 0 fully saturated rings. The van der Waals surface area contributed by atoms with Crippen LogP contribution in [0.1, 0.15) is 17.5 Å². The molecule has 0 unspecified atom stereocenters. The summed E-state index contributed by atoms with van der Waals surface area (Å²) >= 11 is 1.70. The highest BCUT2D eigenvalue weighted by molar-refractivity contribution is 7.98. The van der Waals surface area contributed by atoms with E-state index in [9.17, 15) is 4.79 Å². The van der Waals surface area contributed by atoms with Gasteiger partial charge in [-0.3, -0.25) is 4.79 Å². The van der Waals surface area contributed by atoms with Gasteiger partial charge in [-0.05, 0) is 43.7 Å². The predicted molar refractivity (Wildman–Crippen MR) is 86.7 cm³/mol. The number of thioether (sulfide) groups is 1. The van der Waals surface area contributed by atoms with Crippen LogP contribution in [-0.4, -0.2) is 43.0 Å². The number of hydrogen-bond donors (Lipinski definition) is 2. The molecular weight excluding hydrogens is 270 g/mol. The fraction of sp³-hybridized carbons (Fsp3) is 0.533. The summed E-state index contributed by atoms with van der Waals surface area (Å²) in [5.41, 5.74) is 8.18. The van der Waals surface area contributed by atoms with Gasteiger partial charge < -0.3 is 16.0 Å². The average molecular weight is 295 g/mol. The lowest BCUT2D eigenvalue weighted by atomic mass is 10.1. The van der Waals surface area contributed by atoms with Crippen molar-refractivity contribution in [2.75, 3.05) is 26.1 Å². The van der Waals surface area contributed by atoms with Crippen molar-refractivity contribution >= 4 is 17.7 Å². The zero-order valence-corrected chi connectivity index (χ0v) is 13.4. The van der Waals surface area contributed by atoms with Gasteiger partial charge in [0.1, 0.15) is 0 Å². The number of nitrogens with one attached hydrogen (secondary N) is 1. The third-order valence-electron chi connectivity index (χ3n) is 2.93. The largest absolute Gasteiger partial charge is 0.351 e. The Bertz CT molecular complexity index is 423. The fourth-order valence-corrected chi connectivity index (χ4v) is 2.39. The lowest BCUT2D eigenvalue weighted by Gasteiger charge is -2.13. The van der Waals surface area contributed by atoms with E-state index in [4.69, 9.17) is 5.73 Å². The second kappa shape index (κ2) is 9.00. The van der Waals surface area contributed by atoms with E-state index >= 15 is 0 Å². The van der Waals surface area contributed by atoms with Crippen molar-refractivity contribution in [1.29, 1.82) is 0 Å². The van der Waals surface area contributed by atoms with E-state index in [2.05, 4.69) is 22.3 Å². The number of rotatable bonds is 8. The van der Waals surface area contributed by atoms with Crippen LogP contribution in [0.25, 0.3) is 0 Å². The molecule has 0 aliphatic rings. The number of nitrogens with zero attached hydrogens (tertiary/aromatic N) is 1. The molecule has 1 aromatic rings. The van der Waals surface area contributed by atoms with E-state index in [1.165, 1.54) is 5.56 Å². The zero-order chi connectivity index (χ0) is 15.0. The van der Waals surface area contributed by atoms with Crippen molar-refractivity contribution in [2.45, 2.75) is 25.6 Å². The second-order valence-electron chi connectivity index (χ2n) is 5.16. The van der Waals surface area contributed by atoms with Crippen molar-refractivity contribution in [3.05, 3.63) is 35.4 Å². The smallest absolute Gasteiger partial charge is 0.237 e. The van der Waals surface area contributed by atoms with Crippen molar-refractivity contribution in [3.8, 4) is 0 Å². The normalized spacial score (nSPS) is 12.4. The molecule has 0 aromatic heterocycles. The Morgan fingerprint density at radius 3 is 2.75 bits per heavy atom. The molecule has 20 heavy (non-hydrogen) atoms. The van der Waals surface area contributed by atoms with E-state index in [1.807, 2.05) is 32.5 Å². The number of nitrogens with two attached hydrogens (primary N) is 1. The summed E-state index contributed by atoms with van der Waals surface area (Å²) in [6.07, 6.45) is 2.73. The van der Waals surface area contributed by atoms with Gasteiger partial charge in [0.15, 0.2) is 0 Å². The van der Waals surface area contributed by atoms with Crippen LogP contribution in [0.2, 0.25) is 0 Å². The summed E-state index contributed by atoms with van der Waals surface area (Å²) < 4.78 is 0. The van der Waals surface area contributed by atoms with Gasteiger partial charge in [-0.2, -0.15) is 11.8 Å². The minimum absolute atomic E-state index is 0.0722. The number of benzene rings is 1. The van der Waals surface area contributed by atoms with Gasteiger partial charge in [0.25, 0.3) is 0 Å². The fourth-order valence-electron chi connectivity index (χ4n) is 1.90. The third kappa shape index (κ3) is 6.41. The number of carbonyl (C=O) groups excluding carboxylic acids is 1. The topological polar surface area (TPSA) is 58.4 Å². The van der Waals surface area contributed by atoms with Crippen LogP contribution in [0.5, 0.6) is 0 Å². The molecule has 4 nitrogen and oxygen atoms in total. The highest BCUT2D eigenvalue weighted by atomic mass is 32.2. The van der Waals surface area contributed by atoms with Crippen LogP contribution >= 0.6 is 11.8 Å². The quantitative estimate of drug-likeness (QED) is 0.762. The van der Waals surface area contributed by atoms with Crippen molar-refractivity contribution in [2.24, 2.45) is 5.73 Å². The van der Waals surface area contributed by atoms with E-state index in [-0.39, 0.29) is 5.91 Å². The van der Waals surface area contributed by atoms with Gasteiger partial charge in [0.05, 0.1) is 6.04 Å². The molecule has 0 aliphatic carbocycles. The van der Waals surface area contributed by atoms with Crippen molar-refractivity contribution in [1.82, 2.24) is 10.2 Å². The van der Waals surface area contributed by atoms with Crippen LogP contribution < -0.4 is 11.1 Å². The summed E-state index contributed by atoms with van der Waals surface area (Å²) in [4.78, 5) is 14.0. The first kappa shape index (κ1) is 17.0. The summed E-state index contributed by atoms with van der Waals surface area (Å²) in [5, 5.41) is 2.90. The molecule has 1 aromatic carbocycles.